The topological polar surface area (TPSA) is 40.5 Å². The van der Waals surface area contributed by atoms with E-state index in [1.807, 2.05) is 0 Å². The highest BCUT2D eigenvalue weighted by Gasteiger charge is 2.35. The van der Waals surface area contributed by atoms with Gasteiger partial charge < -0.3 is 26.6 Å². The number of piperazine rings is 1. The van der Waals surface area contributed by atoms with Crippen molar-refractivity contribution in [1.29, 1.82) is 0 Å². The minimum Gasteiger partial charge on any atom is -1.00 e. The standard InChI is InChI=1S/C17H24N2O2.BrH/c20-16-5-3-15(4-6-16)17(21)7-8-18-9-13-19(14-10-18)11-1-2-12-19;/h3-6H,1-2,7-14H2;1H. The number of carbonyl (C=O) groups excluding carboxylic acids is 1. The molecule has 5 heteroatoms. The highest BCUT2D eigenvalue weighted by atomic mass is 79.9. The molecule has 2 heterocycles. The number of quaternary nitrogens is 1. The predicted octanol–water partition coefficient (Wildman–Crippen LogP) is -1.10. The number of nitrogens with zero attached hydrogens (tertiary/aromatic N) is 2. The summed E-state index contributed by atoms with van der Waals surface area (Å²) >= 11 is 0. The first-order valence-electron chi connectivity index (χ1n) is 8.07. The average Bonchev–Trinajstić information content (AvgIpc) is 2.95. The Labute approximate surface area is 143 Å². The minimum absolute atomic E-state index is 0. The summed E-state index contributed by atoms with van der Waals surface area (Å²) in [5, 5.41) is 9.25. The van der Waals surface area contributed by atoms with Crippen LogP contribution in [0.5, 0.6) is 5.75 Å². The molecular weight excluding hydrogens is 344 g/mol. The van der Waals surface area contributed by atoms with Crippen molar-refractivity contribution in [3.05, 3.63) is 29.8 Å². The summed E-state index contributed by atoms with van der Waals surface area (Å²) in [5.41, 5.74) is 0.702. The zero-order valence-corrected chi connectivity index (χ0v) is 14.6. The molecule has 0 aromatic heterocycles. The monoisotopic (exact) mass is 368 g/mol. The van der Waals surface area contributed by atoms with Gasteiger partial charge in [-0.25, -0.2) is 0 Å². The number of hydrogen-bond donors (Lipinski definition) is 1. The van der Waals surface area contributed by atoms with Crippen LogP contribution < -0.4 is 17.0 Å². The van der Waals surface area contributed by atoms with Crippen LogP contribution in [0, 0.1) is 0 Å². The maximum atomic E-state index is 12.1. The molecule has 0 unspecified atom stereocenters. The van der Waals surface area contributed by atoms with Crippen LogP contribution in [0.3, 0.4) is 0 Å². The van der Waals surface area contributed by atoms with Crippen molar-refractivity contribution in [2.24, 2.45) is 0 Å². The molecule has 0 amide bonds. The number of rotatable bonds is 4. The Hall–Kier alpha value is -0.910. The summed E-state index contributed by atoms with van der Waals surface area (Å²) in [6, 6.07) is 6.57. The molecule has 2 fully saturated rings. The van der Waals surface area contributed by atoms with Gasteiger partial charge in [-0.1, -0.05) is 0 Å². The van der Waals surface area contributed by atoms with Crippen molar-refractivity contribution in [3.8, 4) is 5.75 Å². The molecule has 2 saturated heterocycles. The molecule has 0 radical (unpaired) electrons. The highest BCUT2D eigenvalue weighted by Crippen LogP contribution is 2.22. The molecule has 0 bridgehead atoms. The fourth-order valence-electron chi connectivity index (χ4n) is 3.66. The van der Waals surface area contributed by atoms with Crippen molar-refractivity contribution in [1.82, 2.24) is 4.90 Å². The van der Waals surface area contributed by atoms with Gasteiger partial charge in [-0.2, -0.15) is 0 Å². The van der Waals surface area contributed by atoms with Crippen molar-refractivity contribution in [2.45, 2.75) is 19.3 Å². The third-order valence-electron chi connectivity index (χ3n) is 5.14. The molecule has 0 atom stereocenters. The van der Waals surface area contributed by atoms with Crippen LogP contribution in [0.25, 0.3) is 0 Å². The van der Waals surface area contributed by atoms with Crippen LogP contribution in [0.2, 0.25) is 0 Å². The molecule has 1 aromatic rings. The number of ketones is 1. The van der Waals surface area contributed by atoms with Crippen LogP contribution >= 0.6 is 0 Å². The Kier molecular flexibility index (Phi) is 6.01. The van der Waals surface area contributed by atoms with Crippen molar-refractivity contribution in [3.63, 3.8) is 0 Å². The molecule has 0 aliphatic carbocycles. The largest absolute Gasteiger partial charge is 1.00 e. The average molecular weight is 369 g/mol. The fraction of sp³-hybridized carbons (Fsp3) is 0.588. The quantitative estimate of drug-likeness (QED) is 0.541. The smallest absolute Gasteiger partial charge is 0.164 e. The maximum absolute atomic E-state index is 12.1. The summed E-state index contributed by atoms with van der Waals surface area (Å²) in [6.45, 7) is 8.35. The summed E-state index contributed by atoms with van der Waals surface area (Å²) in [7, 11) is 0. The number of carbonyl (C=O) groups is 1. The SMILES string of the molecule is O=C(CCN1CC[N+]2(CCCC2)CC1)c1ccc(O)cc1.[Br-]. The zero-order valence-electron chi connectivity index (χ0n) is 13.0. The van der Waals surface area contributed by atoms with Gasteiger partial charge in [0.15, 0.2) is 5.78 Å². The third-order valence-corrected chi connectivity index (χ3v) is 5.14. The second-order valence-corrected chi connectivity index (χ2v) is 6.50. The second-order valence-electron chi connectivity index (χ2n) is 6.50. The van der Waals surface area contributed by atoms with E-state index in [-0.39, 0.29) is 28.5 Å². The van der Waals surface area contributed by atoms with Gasteiger partial charge in [0.05, 0.1) is 26.2 Å². The van der Waals surface area contributed by atoms with E-state index in [0.717, 1.165) is 19.6 Å². The number of aromatic hydroxyl groups is 1. The van der Waals surface area contributed by atoms with Gasteiger partial charge in [0.1, 0.15) is 5.75 Å². The first-order chi connectivity index (χ1) is 10.2. The molecule has 3 rings (SSSR count). The van der Waals surface area contributed by atoms with Crippen LogP contribution in [0.1, 0.15) is 29.6 Å². The van der Waals surface area contributed by atoms with Gasteiger partial charge in [0.2, 0.25) is 0 Å². The lowest BCUT2D eigenvalue weighted by Gasteiger charge is -2.42. The van der Waals surface area contributed by atoms with Gasteiger partial charge >= 0.3 is 0 Å². The van der Waals surface area contributed by atoms with E-state index in [1.165, 1.54) is 43.5 Å². The van der Waals surface area contributed by atoms with E-state index in [2.05, 4.69) is 4.90 Å². The predicted molar refractivity (Wildman–Crippen MR) is 82.5 cm³/mol. The van der Waals surface area contributed by atoms with Crippen LogP contribution in [0.15, 0.2) is 24.3 Å². The molecule has 0 saturated carbocycles. The Morgan fingerprint density at radius 3 is 2.23 bits per heavy atom. The fourth-order valence-corrected chi connectivity index (χ4v) is 3.66. The molecule has 1 N–H and O–H groups in total. The van der Waals surface area contributed by atoms with E-state index >= 15 is 0 Å². The Balaban J connectivity index is 0.00000176. The molecule has 4 nitrogen and oxygen atoms in total. The molecular formula is C17H25BrN2O2. The van der Waals surface area contributed by atoms with Crippen molar-refractivity contribution in [2.75, 3.05) is 45.8 Å². The lowest BCUT2D eigenvalue weighted by Crippen LogP contribution is -3.00. The number of halogens is 1. The molecule has 22 heavy (non-hydrogen) atoms. The minimum atomic E-state index is 0. The van der Waals surface area contributed by atoms with Gasteiger partial charge in [0.25, 0.3) is 0 Å². The van der Waals surface area contributed by atoms with E-state index in [9.17, 15) is 9.90 Å². The molecule has 1 spiro atoms. The van der Waals surface area contributed by atoms with Crippen molar-refractivity contribution < 1.29 is 31.4 Å². The van der Waals surface area contributed by atoms with Crippen LogP contribution in [-0.2, 0) is 0 Å². The van der Waals surface area contributed by atoms with Crippen molar-refractivity contribution >= 4 is 5.78 Å². The first-order valence-corrected chi connectivity index (χ1v) is 8.07. The van der Waals surface area contributed by atoms with E-state index in [0.29, 0.717) is 12.0 Å². The molecule has 2 aliphatic rings. The summed E-state index contributed by atoms with van der Waals surface area (Å²) < 4.78 is 1.32. The van der Waals surface area contributed by atoms with E-state index in [1.54, 1.807) is 24.3 Å². The zero-order chi connectivity index (χ0) is 14.7. The molecule has 2 aliphatic heterocycles. The Morgan fingerprint density at radius 2 is 1.64 bits per heavy atom. The summed E-state index contributed by atoms with van der Waals surface area (Å²) in [5.74, 6) is 0.382. The number of Topliss-reactive ketones (excluding diaryl/α,β-unsaturated/α-hetero) is 1. The van der Waals surface area contributed by atoms with E-state index < -0.39 is 0 Å². The van der Waals surface area contributed by atoms with Gasteiger partial charge in [-0.3, -0.25) is 9.69 Å². The van der Waals surface area contributed by atoms with E-state index in [4.69, 9.17) is 0 Å². The normalized spacial score (nSPS) is 20.7. The summed E-state index contributed by atoms with van der Waals surface area (Å²) in [4.78, 5) is 14.6. The Bertz CT molecular complexity index is 488. The molecule has 1 aromatic carbocycles. The lowest BCUT2D eigenvalue weighted by atomic mass is 10.1. The third kappa shape index (κ3) is 4.09. The highest BCUT2D eigenvalue weighted by molar-refractivity contribution is 5.96. The van der Waals surface area contributed by atoms with Gasteiger partial charge in [-0.05, 0) is 24.3 Å². The Morgan fingerprint density at radius 1 is 1.05 bits per heavy atom. The number of phenolic OH excluding ortho intramolecular Hbond substituents is 1. The van der Waals surface area contributed by atoms with Gasteiger partial charge in [0, 0.05) is 44.5 Å². The number of phenols is 1. The first kappa shape index (κ1) is 17.4. The maximum Gasteiger partial charge on any atom is 0.164 e. The lowest BCUT2D eigenvalue weighted by molar-refractivity contribution is -0.920. The molecule has 122 valence electrons. The number of hydrogen-bond acceptors (Lipinski definition) is 3. The summed E-state index contributed by atoms with van der Waals surface area (Å²) in [6.07, 6.45) is 3.35. The van der Waals surface area contributed by atoms with Crippen LogP contribution in [0.4, 0.5) is 0 Å². The number of benzene rings is 1. The van der Waals surface area contributed by atoms with Crippen LogP contribution in [-0.4, -0.2) is 66.1 Å². The van der Waals surface area contributed by atoms with Gasteiger partial charge in [-0.15, -0.1) is 0 Å². The second kappa shape index (κ2) is 7.57.